The van der Waals surface area contributed by atoms with Crippen molar-refractivity contribution in [1.82, 2.24) is 0 Å². The van der Waals surface area contributed by atoms with E-state index in [1.54, 1.807) is 12.1 Å². The van der Waals surface area contributed by atoms with Gasteiger partial charge in [0.05, 0.1) is 11.4 Å². The molecular formula is C10H13FN2. The largest absolute Gasteiger partial charge is 0.397 e. The highest BCUT2D eigenvalue weighted by Crippen LogP contribution is 2.22. The van der Waals surface area contributed by atoms with Crippen LogP contribution in [-0.2, 0) is 0 Å². The van der Waals surface area contributed by atoms with E-state index < -0.39 is 0 Å². The molecule has 0 spiro atoms. The molecule has 0 aliphatic rings. The van der Waals surface area contributed by atoms with E-state index in [2.05, 4.69) is 6.58 Å². The van der Waals surface area contributed by atoms with Crippen LogP contribution < -0.4 is 10.6 Å². The number of halogens is 1. The highest BCUT2D eigenvalue weighted by molar-refractivity contribution is 5.67. The van der Waals surface area contributed by atoms with Crippen molar-refractivity contribution in [1.29, 1.82) is 0 Å². The van der Waals surface area contributed by atoms with Crippen LogP contribution in [0.25, 0.3) is 0 Å². The van der Waals surface area contributed by atoms with E-state index in [9.17, 15) is 4.39 Å². The minimum Gasteiger partial charge on any atom is -0.397 e. The normalized spacial score (nSPS) is 9.69. The Morgan fingerprint density at radius 2 is 2.31 bits per heavy atom. The minimum absolute atomic E-state index is 0.278. The maximum atomic E-state index is 12.8. The lowest BCUT2D eigenvalue weighted by Crippen LogP contribution is -2.18. The van der Waals surface area contributed by atoms with Crippen LogP contribution in [-0.4, -0.2) is 13.6 Å². The van der Waals surface area contributed by atoms with Gasteiger partial charge in [0.25, 0.3) is 0 Å². The van der Waals surface area contributed by atoms with Gasteiger partial charge in [0, 0.05) is 13.6 Å². The summed E-state index contributed by atoms with van der Waals surface area (Å²) in [7, 11) is 1.84. The summed E-state index contributed by atoms with van der Waals surface area (Å²) in [4.78, 5) is 1.84. The van der Waals surface area contributed by atoms with Gasteiger partial charge in [-0.25, -0.2) is 4.39 Å². The van der Waals surface area contributed by atoms with Crippen molar-refractivity contribution in [3.8, 4) is 0 Å². The zero-order chi connectivity index (χ0) is 9.84. The van der Waals surface area contributed by atoms with Gasteiger partial charge in [0.15, 0.2) is 0 Å². The van der Waals surface area contributed by atoms with Gasteiger partial charge in [0.1, 0.15) is 5.82 Å². The van der Waals surface area contributed by atoms with Gasteiger partial charge < -0.3 is 10.6 Å². The maximum Gasteiger partial charge on any atom is 0.125 e. The summed E-state index contributed by atoms with van der Waals surface area (Å²) in [6.45, 7) is 4.25. The smallest absolute Gasteiger partial charge is 0.125 e. The van der Waals surface area contributed by atoms with E-state index in [0.29, 0.717) is 17.9 Å². The molecule has 1 rings (SSSR count). The van der Waals surface area contributed by atoms with Gasteiger partial charge in [-0.2, -0.15) is 0 Å². The van der Waals surface area contributed by atoms with E-state index in [0.717, 1.165) is 0 Å². The van der Waals surface area contributed by atoms with Crippen molar-refractivity contribution < 1.29 is 4.39 Å². The van der Waals surface area contributed by atoms with Crippen molar-refractivity contribution in [3.05, 3.63) is 36.7 Å². The third-order valence-electron chi connectivity index (χ3n) is 1.81. The molecule has 0 amide bonds. The van der Waals surface area contributed by atoms with Crippen molar-refractivity contribution in [2.75, 3.05) is 24.2 Å². The van der Waals surface area contributed by atoms with Crippen LogP contribution in [0.3, 0.4) is 0 Å². The molecule has 70 valence electrons. The monoisotopic (exact) mass is 180 g/mol. The molecule has 0 aliphatic heterocycles. The second-order valence-electron chi connectivity index (χ2n) is 2.87. The standard InChI is InChI=1S/C10H13FN2/c1-3-6-13(2)10-7-8(11)4-5-9(10)12/h3-5,7H,1,6,12H2,2H3. The van der Waals surface area contributed by atoms with Crippen LogP contribution in [0.5, 0.6) is 0 Å². The summed E-state index contributed by atoms with van der Waals surface area (Å²) in [6.07, 6.45) is 1.74. The number of nitrogen functional groups attached to an aromatic ring is 1. The highest BCUT2D eigenvalue weighted by Gasteiger charge is 2.04. The zero-order valence-electron chi connectivity index (χ0n) is 7.63. The van der Waals surface area contributed by atoms with E-state index >= 15 is 0 Å². The fourth-order valence-corrected chi connectivity index (χ4v) is 1.14. The molecule has 3 heteroatoms. The molecule has 2 nitrogen and oxygen atoms in total. The predicted molar refractivity (Wildman–Crippen MR) is 54.3 cm³/mol. The molecule has 0 aliphatic carbocycles. The van der Waals surface area contributed by atoms with Crippen LogP contribution in [0.15, 0.2) is 30.9 Å². The lowest BCUT2D eigenvalue weighted by Gasteiger charge is -2.18. The number of hydrogen-bond acceptors (Lipinski definition) is 2. The van der Waals surface area contributed by atoms with Gasteiger partial charge in [-0.3, -0.25) is 0 Å². The number of likely N-dealkylation sites (N-methyl/N-ethyl adjacent to an activating group) is 1. The SMILES string of the molecule is C=CCN(C)c1cc(F)ccc1N. The number of anilines is 2. The first kappa shape index (κ1) is 9.58. The average molecular weight is 180 g/mol. The molecule has 0 aromatic heterocycles. The molecule has 0 radical (unpaired) electrons. The number of nitrogens with two attached hydrogens (primary N) is 1. The highest BCUT2D eigenvalue weighted by atomic mass is 19.1. The van der Waals surface area contributed by atoms with Crippen LogP contribution in [0, 0.1) is 5.82 Å². The van der Waals surface area contributed by atoms with Gasteiger partial charge in [0.2, 0.25) is 0 Å². The Balaban J connectivity index is 2.97. The molecule has 0 saturated heterocycles. The predicted octanol–water partition coefficient (Wildman–Crippen LogP) is 2.03. The quantitative estimate of drug-likeness (QED) is 0.569. The van der Waals surface area contributed by atoms with E-state index in [4.69, 9.17) is 5.73 Å². The van der Waals surface area contributed by atoms with Crippen LogP contribution >= 0.6 is 0 Å². The molecule has 0 fully saturated rings. The topological polar surface area (TPSA) is 29.3 Å². The molecule has 0 saturated carbocycles. The Morgan fingerprint density at radius 1 is 1.62 bits per heavy atom. The molecule has 1 aromatic rings. The first-order valence-electron chi connectivity index (χ1n) is 4.02. The lowest BCUT2D eigenvalue weighted by molar-refractivity contribution is 0.627. The third kappa shape index (κ3) is 2.21. The van der Waals surface area contributed by atoms with Crippen molar-refractivity contribution in [3.63, 3.8) is 0 Å². The summed E-state index contributed by atoms with van der Waals surface area (Å²) < 4.78 is 12.8. The first-order valence-corrected chi connectivity index (χ1v) is 4.02. The number of rotatable bonds is 3. The first-order chi connectivity index (χ1) is 6.15. The summed E-state index contributed by atoms with van der Waals surface area (Å²) in [5, 5.41) is 0. The van der Waals surface area contributed by atoms with Crippen molar-refractivity contribution in [2.45, 2.75) is 0 Å². The Hall–Kier alpha value is -1.51. The number of nitrogens with zero attached hydrogens (tertiary/aromatic N) is 1. The number of benzene rings is 1. The summed E-state index contributed by atoms with van der Waals surface area (Å²) in [5.41, 5.74) is 6.95. The van der Waals surface area contributed by atoms with Gasteiger partial charge in [-0.05, 0) is 18.2 Å². The third-order valence-corrected chi connectivity index (χ3v) is 1.81. The van der Waals surface area contributed by atoms with E-state index in [1.807, 2.05) is 11.9 Å². The zero-order valence-corrected chi connectivity index (χ0v) is 7.63. The fraction of sp³-hybridized carbons (Fsp3) is 0.200. The average Bonchev–Trinajstić information content (AvgIpc) is 2.09. The van der Waals surface area contributed by atoms with Crippen LogP contribution in [0.1, 0.15) is 0 Å². The summed E-state index contributed by atoms with van der Waals surface area (Å²) >= 11 is 0. The number of hydrogen-bond donors (Lipinski definition) is 1. The van der Waals surface area contributed by atoms with E-state index in [1.165, 1.54) is 12.1 Å². The lowest BCUT2D eigenvalue weighted by atomic mass is 10.2. The molecular weight excluding hydrogens is 167 g/mol. The molecule has 0 bridgehead atoms. The Labute approximate surface area is 77.5 Å². The molecule has 2 N–H and O–H groups in total. The van der Waals surface area contributed by atoms with Crippen LogP contribution in [0.4, 0.5) is 15.8 Å². The summed E-state index contributed by atoms with van der Waals surface area (Å²) in [5.74, 6) is -0.278. The Morgan fingerprint density at radius 3 is 2.92 bits per heavy atom. The van der Waals surface area contributed by atoms with Crippen molar-refractivity contribution in [2.24, 2.45) is 0 Å². The van der Waals surface area contributed by atoms with Crippen LogP contribution in [0.2, 0.25) is 0 Å². The molecule has 1 aromatic carbocycles. The Bertz CT molecular complexity index is 310. The molecule has 0 heterocycles. The van der Waals surface area contributed by atoms with Gasteiger partial charge in [-0.15, -0.1) is 6.58 Å². The fourth-order valence-electron chi connectivity index (χ4n) is 1.14. The second-order valence-corrected chi connectivity index (χ2v) is 2.87. The Kier molecular flexibility index (Phi) is 2.90. The molecule has 0 unspecified atom stereocenters. The van der Waals surface area contributed by atoms with Gasteiger partial charge >= 0.3 is 0 Å². The molecule has 13 heavy (non-hydrogen) atoms. The van der Waals surface area contributed by atoms with Crippen molar-refractivity contribution >= 4 is 11.4 Å². The van der Waals surface area contributed by atoms with Gasteiger partial charge in [-0.1, -0.05) is 6.08 Å². The minimum atomic E-state index is -0.278. The molecule has 0 atom stereocenters. The second kappa shape index (κ2) is 3.94. The van der Waals surface area contributed by atoms with E-state index in [-0.39, 0.29) is 5.82 Å². The maximum absolute atomic E-state index is 12.8. The summed E-state index contributed by atoms with van der Waals surface area (Å²) in [6, 6.07) is 4.32.